The molecular formula is C20H21N3O6. The van der Waals surface area contributed by atoms with Crippen LogP contribution in [0, 0.1) is 10.1 Å². The minimum Gasteiger partial charge on any atom is -0.494 e. The Bertz CT molecular complexity index is 1040. The van der Waals surface area contributed by atoms with Crippen LogP contribution in [0.1, 0.15) is 19.3 Å². The van der Waals surface area contributed by atoms with Crippen LogP contribution in [0.4, 0.5) is 5.69 Å². The molecule has 0 atom stereocenters. The Morgan fingerprint density at radius 3 is 2.72 bits per heavy atom. The van der Waals surface area contributed by atoms with Gasteiger partial charge in [0, 0.05) is 25.6 Å². The summed E-state index contributed by atoms with van der Waals surface area (Å²) >= 11 is 0. The number of non-ortho nitro benzene ring substituents is 1. The number of oxazole rings is 1. The fraction of sp³-hybridized carbons (Fsp3) is 0.300. The zero-order chi connectivity index (χ0) is 20.6. The number of carbonyl (C=O) groups excluding carboxylic acids is 1. The number of nitro groups is 1. The van der Waals surface area contributed by atoms with E-state index in [2.05, 4.69) is 5.32 Å². The first-order chi connectivity index (χ1) is 14.0. The lowest BCUT2D eigenvalue weighted by atomic mass is 10.2. The van der Waals surface area contributed by atoms with Crippen molar-refractivity contribution in [2.24, 2.45) is 0 Å². The summed E-state index contributed by atoms with van der Waals surface area (Å²) < 4.78 is 12.0. The van der Waals surface area contributed by atoms with Gasteiger partial charge in [-0.05, 0) is 31.0 Å². The van der Waals surface area contributed by atoms with Gasteiger partial charge in [0.25, 0.3) is 5.69 Å². The Hall–Kier alpha value is -3.62. The minimum absolute atomic E-state index is 0.110. The predicted octanol–water partition coefficient (Wildman–Crippen LogP) is 2.87. The molecule has 0 saturated heterocycles. The average Bonchev–Trinajstić information content (AvgIpc) is 3.03. The van der Waals surface area contributed by atoms with Gasteiger partial charge in [0.2, 0.25) is 5.91 Å². The lowest BCUT2D eigenvalue weighted by molar-refractivity contribution is -0.384. The molecule has 1 heterocycles. The van der Waals surface area contributed by atoms with Crippen LogP contribution in [0.5, 0.6) is 5.75 Å². The molecule has 0 saturated carbocycles. The second-order valence-electron chi connectivity index (χ2n) is 6.40. The van der Waals surface area contributed by atoms with Crippen LogP contribution in [0.15, 0.2) is 57.7 Å². The number of aromatic nitrogens is 1. The van der Waals surface area contributed by atoms with E-state index in [-0.39, 0.29) is 30.1 Å². The number of rotatable bonds is 10. The summed E-state index contributed by atoms with van der Waals surface area (Å²) in [5.41, 5.74) is 0.486. The topological polar surface area (TPSA) is 117 Å². The van der Waals surface area contributed by atoms with Crippen LogP contribution < -0.4 is 15.8 Å². The van der Waals surface area contributed by atoms with Crippen molar-refractivity contribution in [1.82, 2.24) is 9.88 Å². The van der Waals surface area contributed by atoms with Gasteiger partial charge in [0.1, 0.15) is 5.75 Å². The van der Waals surface area contributed by atoms with Crippen LogP contribution in [-0.2, 0) is 11.3 Å². The maximum absolute atomic E-state index is 12.0. The van der Waals surface area contributed by atoms with Crippen molar-refractivity contribution in [1.29, 1.82) is 0 Å². The standard InChI is InChI=1S/C20H21N3O6/c24-19(21-11-5-13-28-16-6-2-1-3-7-16)8-4-12-22-17-10-9-15(23(26)27)14-18(17)29-20(22)25/h1-3,6-7,9-10,14H,4-5,8,11-13H2,(H,21,24). The van der Waals surface area contributed by atoms with Crippen molar-refractivity contribution in [2.75, 3.05) is 13.2 Å². The number of aryl methyl sites for hydroxylation is 1. The number of nitro benzene ring substituents is 1. The maximum atomic E-state index is 12.0. The first-order valence-electron chi connectivity index (χ1n) is 9.27. The Kier molecular flexibility index (Phi) is 6.62. The third-order valence-electron chi connectivity index (χ3n) is 4.30. The fourth-order valence-electron chi connectivity index (χ4n) is 2.87. The van der Waals surface area contributed by atoms with Gasteiger partial charge in [-0.2, -0.15) is 0 Å². The Balaban J connectivity index is 1.40. The van der Waals surface area contributed by atoms with E-state index in [1.807, 2.05) is 30.3 Å². The number of benzene rings is 2. The van der Waals surface area contributed by atoms with E-state index in [9.17, 15) is 19.7 Å². The van der Waals surface area contributed by atoms with Crippen molar-refractivity contribution in [3.8, 4) is 5.75 Å². The average molecular weight is 399 g/mol. The number of nitrogens with zero attached hydrogens (tertiary/aromatic N) is 2. The van der Waals surface area contributed by atoms with Crippen molar-refractivity contribution >= 4 is 22.7 Å². The summed E-state index contributed by atoms with van der Waals surface area (Å²) in [6.07, 6.45) is 1.38. The van der Waals surface area contributed by atoms with Crippen LogP contribution in [0.2, 0.25) is 0 Å². The molecule has 0 aliphatic carbocycles. The zero-order valence-corrected chi connectivity index (χ0v) is 15.7. The molecule has 0 spiro atoms. The molecule has 0 aliphatic rings. The second kappa shape index (κ2) is 9.54. The summed E-state index contributed by atoms with van der Waals surface area (Å²) in [4.78, 5) is 34.2. The third-order valence-corrected chi connectivity index (χ3v) is 4.30. The number of para-hydroxylation sites is 1. The molecule has 1 aromatic heterocycles. The van der Waals surface area contributed by atoms with Crippen LogP contribution in [-0.4, -0.2) is 28.5 Å². The Morgan fingerprint density at radius 1 is 1.17 bits per heavy atom. The van der Waals surface area contributed by atoms with Gasteiger partial charge < -0.3 is 14.5 Å². The molecule has 3 aromatic rings. The molecule has 0 fully saturated rings. The highest BCUT2D eigenvalue weighted by molar-refractivity contribution is 5.76. The van der Waals surface area contributed by atoms with Crippen molar-refractivity contribution in [2.45, 2.75) is 25.8 Å². The van der Waals surface area contributed by atoms with E-state index in [1.165, 1.54) is 22.8 Å². The lowest BCUT2D eigenvalue weighted by Crippen LogP contribution is -2.26. The zero-order valence-electron chi connectivity index (χ0n) is 15.7. The molecule has 9 heteroatoms. The van der Waals surface area contributed by atoms with Gasteiger partial charge in [-0.25, -0.2) is 4.79 Å². The number of amides is 1. The summed E-state index contributed by atoms with van der Waals surface area (Å²) in [6.45, 7) is 1.30. The van der Waals surface area contributed by atoms with Crippen LogP contribution >= 0.6 is 0 Å². The fourth-order valence-corrected chi connectivity index (χ4v) is 2.87. The highest BCUT2D eigenvalue weighted by Crippen LogP contribution is 2.20. The van der Waals surface area contributed by atoms with E-state index >= 15 is 0 Å². The normalized spacial score (nSPS) is 10.8. The van der Waals surface area contributed by atoms with E-state index < -0.39 is 10.7 Å². The largest absolute Gasteiger partial charge is 0.494 e. The summed E-state index contributed by atoms with van der Waals surface area (Å²) in [7, 11) is 0. The Morgan fingerprint density at radius 2 is 1.97 bits per heavy atom. The highest BCUT2D eigenvalue weighted by atomic mass is 16.6. The first kappa shape index (κ1) is 20.1. The smallest absolute Gasteiger partial charge is 0.419 e. The van der Waals surface area contributed by atoms with Crippen molar-refractivity contribution < 1.29 is 18.9 Å². The summed E-state index contributed by atoms with van der Waals surface area (Å²) in [6, 6.07) is 13.5. The molecule has 0 unspecified atom stereocenters. The molecule has 1 amide bonds. The van der Waals surface area contributed by atoms with Gasteiger partial charge in [0.05, 0.1) is 23.1 Å². The highest BCUT2D eigenvalue weighted by Gasteiger charge is 2.14. The number of hydrogen-bond acceptors (Lipinski definition) is 6. The number of ether oxygens (including phenoxy) is 1. The molecule has 3 rings (SSSR count). The van der Waals surface area contributed by atoms with Gasteiger partial charge >= 0.3 is 5.76 Å². The molecule has 1 N–H and O–H groups in total. The monoisotopic (exact) mass is 399 g/mol. The molecule has 0 aliphatic heterocycles. The van der Waals surface area contributed by atoms with E-state index in [0.29, 0.717) is 31.5 Å². The van der Waals surface area contributed by atoms with Crippen LogP contribution in [0.25, 0.3) is 11.1 Å². The Labute approximate surface area is 166 Å². The van der Waals surface area contributed by atoms with Crippen LogP contribution in [0.3, 0.4) is 0 Å². The molecule has 0 radical (unpaired) electrons. The van der Waals surface area contributed by atoms with Crippen molar-refractivity contribution in [3.05, 3.63) is 69.2 Å². The quantitative estimate of drug-likeness (QED) is 0.318. The summed E-state index contributed by atoms with van der Waals surface area (Å²) in [5.74, 6) is 0.0853. The number of hydrogen-bond donors (Lipinski definition) is 1. The third kappa shape index (κ3) is 5.44. The molecule has 152 valence electrons. The SMILES string of the molecule is O=C(CCCn1c(=O)oc2cc([N+](=O)[O-])ccc21)NCCCOc1ccccc1. The summed E-state index contributed by atoms with van der Waals surface area (Å²) in [5, 5.41) is 13.6. The van der Waals surface area contributed by atoms with E-state index in [0.717, 1.165) is 5.75 Å². The number of nitrogens with one attached hydrogen (secondary N) is 1. The van der Waals surface area contributed by atoms with Gasteiger partial charge in [-0.1, -0.05) is 18.2 Å². The van der Waals surface area contributed by atoms with Gasteiger partial charge in [0.15, 0.2) is 5.58 Å². The molecule has 0 bridgehead atoms. The second-order valence-corrected chi connectivity index (χ2v) is 6.40. The van der Waals surface area contributed by atoms with Gasteiger partial charge in [-0.15, -0.1) is 0 Å². The van der Waals surface area contributed by atoms with Crippen molar-refractivity contribution in [3.63, 3.8) is 0 Å². The van der Waals surface area contributed by atoms with E-state index in [4.69, 9.17) is 9.15 Å². The molecule has 9 nitrogen and oxygen atoms in total. The first-order valence-corrected chi connectivity index (χ1v) is 9.27. The number of carbonyl (C=O) groups is 1. The van der Waals surface area contributed by atoms with Gasteiger partial charge in [-0.3, -0.25) is 19.5 Å². The maximum Gasteiger partial charge on any atom is 0.419 e. The van der Waals surface area contributed by atoms with E-state index in [1.54, 1.807) is 0 Å². The predicted molar refractivity (Wildman–Crippen MR) is 106 cm³/mol. The molecular weight excluding hydrogens is 378 g/mol. The lowest BCUT2D eigenvalue weighted by Gasteiger charge is -2.07. The number of fused-ring (bicyclic) bond motifs is 1. The molecule has 2 aromatic carbocycles. The minimum atomic E-state index is -0.598. The molecule has 29 heavy (non-hydrogen) atoms.